The van der Waals surface area contributed by atoms with Crippen LogP contribution in [-0.2, 0) is 27.2 Å². The third kappa shape index (κ3) is 9.73. The van der Waals surface area contributed by atoms with Crippen LogP contribution >= 0.6 is 15.2 Å². The summed E-state index contributed by atoms with van der Waals surface area (Å²) in [5, 5.41) is 1.12. The van der Waals surface area contributed by atoms with Crippen LogP contribution in [0.15, 0.2) is 139 Å². The first-order valence-corrected chi connectivity index (χ1v) is 24.2. The molecule has 2 heterocycles. The minimum atomic E-state index is -3.39. The van der Waals surface area contributed by atoms with Crippen molar-refractivity contribution in [3.8, 4) is 20.0 Å². The van der Waals surface area contributed by atoms with Gasteiger partial charge < -0.3 is 0 Å². The van der Waals surface area contributed by atoms with E-state index in [1.165, 1.54) is 28.9 Å². The van der Waals surface area contributed by atoms with Crippen LogP contribution in [0, 0.1) is 0 Å². The summed E-state index contributed by atoms with van der Waals surface area (Å²) in [4.78, 5) is 0. The van der Waals surface area contributed by atoms with Crippen LogP contribution in [0.2, 0.25) is 0 Å². The first kappa shape index (κ1) is 39.5. The van der Waals surface area contributed by atoms with Crippen LogP contribution in [0.3, 0.4) is 0 Å². The van der Waals surface area contributed by atoms with Crippen LogP contribution in [-0.4, -0.2) is 55.9 Å². The second-order valence-electron chi connectivity index (χ2n) is 11.9. The van der Waals surface area contributed by atoms with Gasteiger partial charge >= 0.3 is 327 Å². The van der Waals surface area contributed by atoms with Crippen molar-refractivity contribution < 1.29 is 27.2 Å². The molecule has 0 radical (unpaired) electrons. The van der Waals surface area contributed by atoms with Crippen LogP contribution in [0.25, 0.3) is 35.0 Å². The van der Waals surface area contributed by atoms with E-state index >= 15 is 0 Å². The van der Waals surface area contributed by atoms with Gasteiger partial charge in [0, 0.05) is 0 Å². The Kier molecular flexibility index (Phi) is 13.7. The Bertz CT molecular complexity index is 2180. The molecule has 272 valence electrons. The molecule has 0 aliphatic carbocycles. The molecule has 53 heavy (non-hydrogen) atoms. The molecule has 1 aliphatic rings. The Morgan fingerprint density at radius 2 is 0.906 bits per heavy atom. The van der Waals surface area contributed by atoms with Crippen LogP contribution in [0.5, 0.6) is 0 Å². The van der Waals surface area contributed by atoms with Gasteiger partial charge in [0.15, 0.2) is 0 Å². The molecule has 6 rings (SSSR count). The molecule has 10 heteroatoms. The van der Waals surface area contributed by atoms with Gasteiger partial charge in [-0.2, -0.15) is 0 Å². The average Bonchev–Trinajstić information content (AvgIpc) is 3.19. The summed E-state index contributed by atoms with van der Waals surface area (Å²) in [5.74, 6) is 0. The molecule has 0 amide bonds. The van der Waals surface area contributed by atoms with Gasteiger partial charge in [0.25, 0.3) is 0 Å². The van der Waals surface area contributed by atoms with Crippen molar-refractivity contribution in [2.45, 2.75) is 27.7 Å². The van der Waals surface area contributed by atoms with Crippen molar-refractivity contribution in [3.63, 3.8) is 0 Å². The summed E-state index contributed by atoms with van der Waals surface area (Å²) < 4.78 is 54.4. The number of allylic oxidation sites excluding steroid dienone is 3. The van der Waals surface area contributed by atoms with Gasteiger partial charge in [-0.1, -0.05) is 0 Å². The first-order valence-electron chi connectivity index (χ1n) is 17.7. The van der Waals surface area contributed by atoms with E-state index in [1.54, 1.807) is 0 Å². The molecular weight excluding hydrogens is 832 g/mol. The van der Waals surface area contributed by atoms with Gasteiger partial charge in [0.05, 0.1) is 0 Å². The van der Waals surface area contributed by atoms with E-state index in [-0.39, 0.29) is 29.5 Å². The van der Waals surface area contributed by atoms with Crippen LogP contribution < -0.4 is 10.6 Å². The molecular formula is C43H43O6P2Se2+. The van der Waals surface area contributed by atoms with Crippen molar-refractivity contribution in [2.24, 2.45) is 0 Å². The average molecular weight is 876 g/mol. The fourth-order valence-electron chi connectivity index (χ4n) is 5.85. The van der Waals surface area contributed by atoms with Crippen molar-refractivity contribution in [3.05, 3.63) is 156 Å². The number of hydrogen-bond acceptors (Lipinski definition) is 6. The number of benzene rings is 4. The Hall–Kier alpha value is -3.21. The molecule has 5 aromatic rings. The van der Waals surface area contributed by atoms with Gasteiger partial charge in [-0.25, -0.2) is 0 Å². The van der Waals surface area contributed by atoms with E-state index < -0.39 is 15.2 Å². The normalized spacial score (nSPS) is 14.2. The fourth-order valence-corrected chi connectivity index (χ4v) is 13.7. The second kappa shape index (κ2) is 18.4. The Morgan fingerprint density at radius 1 is 0.528 bits per heavy atom. The molecule has 0 spiro atoms. The second-order valence-corrected chi connectivity index (χ2v) is 20.5. The maximum atomic E-state index is 13.5. The summed E-state index contributed by atoms with van der Waals surface area (Å²) in [7, 11) is -6.77. The van der Waals surface area contributed by atoms with E-state index in [4.69, 9.17) is 18.1 Å². The Labute approximate surface area is 325 Å². The van der Waals surface area contributed by atoms with Crippen molar-refractivity contribution in [1.29, 1.82) is 0 Å². The third-order valence-electron chi connectivity index (χ3n) is 8.21. The molecule has 4 aromatic carbocycles. The van der Waals surface area contributed by atoms with Gasteiger partial charge in [-0.3, -0.25) is 0 Å². The fraction of sp³-hybridized carbons (Fsp3) is 0.186. The number of rotatable bonds is 15. The van der Waals surface area contributed by atoms with E-state index in [9.17, 15) is 9.13 Å². The number of hydrogen-bond donors (Lipinski definition) is 0. The zero-order chi connectivity index (χ0) is 37.3. The predicted molar refractivity (Wildman–Crippen MR) is 222 cm³/mol. The molecule has 1 aromatic heterocycles. The molecule has 0 N–H and O–H groups in total. The van der Waals surface area contributed by atoms with Crippen LogP contribution in [0.1, 0.15) is 44.4 Å². The predicted octanol–water partition coefficient (Wildman–Crippen LogP) is 10.3. The zero-order valence-corrected chi connectivity index (χ0v) is 35.5. The standard InChI is InChI=1S/C43H43O6P2Se2/c1-5-46-50(44,47-6-2)38-23-19-36(20-24-38)42-30-32(28-40(52-42)34-15-11-9-12-16-34)27-33-29-41(35-17-13-10-14-18-35)53-43(31-33)37-21-25-39(26-22-37)51(45,48-7-3)49-8-4/h9-31H,5-8H2,1-4H3/q+1. The van der Waals surface area contributed by atoms with Crippen molar-refractivity contribution >= 4 is 70.3 Å². The molecule has 0 bridgehead atoms. The molecule has 6 nitrogen and oxygen atoms in total. The van der Waals surface area contributed by atoms with Gasteiger partial charge in [0.2, 0.25) is 0 Å². The summed E-state index contributed by atoms with van der Waals surface area (Å²) >= 11 is 0.0561. The van der Waals surface area contributed by atoms with E-state index in [0.29, 0.717) is 37.0 Å². The van der Waals surface area contributed by atoms with Crippen LogP contribution in [0.4, 0.5) is 0 Å². The summed E-state index contributed by atoms with van der Waals surface area (Å²) in [6.07, 6.45) is 6.84. The molecule has 0 unspecified atom stereocenters. The zero-order valence-electron chi connectivity index (χ0n) is 30.3. The van der Waals surface area contributed by atoms with Gasteiger partial charge in [-0.05, 0) is 0 Å². The van der Waals surface area contributed by atoms with Crippen molar-refractivity contribution in [1.82, 2.24) is 0 Å². The Balaban J connectivity index is 1.43. The summed E-state index contributed by atoms with van der Waals surface area (Å²) in [6, 6.07) is 41.2. The molecule has 1 aliphatic heterocycles. The molecule has 0 fully saturated rings. The van der Waals surface area contributed by atoms with E-state index in [0.717, 1.165) is 22.3 Å². The SMILES string of the molecule is CCOP(=O)(OCC)c1ccc(C2=C/C(=C\c3cc(-c4ccccc4)[se+]c(-c4ccc(P(=O)(OCC)OCC)cc4)c3)C=C(c3ccccc3)[Se]2)cc1. The van der Waals surface area contributed by atoms with E-state index in [1.807, 2.05) is 88.4 Å². The summed E-state index contributed by atoms with van der Waals surface area (Å²) in [6.45, 7) is 8.51. The third-order valence-corrected chi connectivity index (χ3v) is 17.3. The van der Waals surface area contributed by atoms with Gasteiger partial charge in [-0.15, -0.1) is 0 Å². The molecule has 0 saturated heterocycles. The van der Waals surface area contributed by atoms with E-state index in [2.05, 4.69) is 78.9 Å². The molecule has 0 atom stereocenters. The monoisotopic (exact) mass is 877 g/mol. The Morgan fingerprint density at radius 3 is 1.34 bits per heavy atom. The summed E-state index contributed by atoms with van der Waals surface area (Å²) in [5.41, 5.74) is 6.74. The maximum absolute atomic E-state index is 13.5. The van der Waals surface area contributed by atoms with Crippen molar-refractivity contribution in [2.75, 3.05) is 26.4 Å². The first-order chi connectivity index (χ1) is 25.8. The minimum absolute atomic E-state index is 0.0281. The topological polar surface area (TPSA) is 71.1 Å². The quantitative estimate of drug-likeness (QED) is 0.0771. The van der Waals surface area contributed by atoms with Gasteiger partial charge in [0.1, 0.15) is 0 Å². The molecule has 0 saturated carbocycles.